The number of rotatable bonds is 5. The number of carbonyl (C=O) groups excluding carboxylic acids is 1. The molecule has 1 aliphatic carbocycles. The minimum absolute atomic E-state index is 0.0425. The van der Waals surface area contributed by atoms with Crippen molar-refractivity contribution in [2.45, 2.75) is 52.6 Å². The number of ether oxygens (including phenoxy) is 1. The highest BCUT2D eigenvalue weighted by molar-refractivity contribution is 5.86. The zero-order valence-electron chi connectivity index (χ0n) is 14.9. The molecule has 4 atom stereocenters. The van der Waals surface area contributed by atoms with Gasteiger partial charge in [0, 0.05) is 0 Å². The molecule has 1 aromatic rings. The van der Waals surface area contributed by atoms with Crippen molar-refractivity contribution in [3.05, 3.63) is 11.6 Å². The minimum Gasteiger partial charge on any atom is -0.480 e. The topological polar surface area (TPSA) is 129 Å². The van der Waals surface area contributed by atoms with Crippen LogP contribution in [0.25, 0.3) is 0 Å². The number of H-pyrrole nitrogens is 1. The zero-order chi connectivity index (χ0) is 18.7. The fraction of sp³-hybridized carbons (Fsp3) is 0.706. The third-order valence-corrected chi connectivity index (χ3v) is 4.82. The normalized spacial score (nSPS) is 28.6. The van der Waals surface area contributed by atoms with Crippen molar-refractivity contribution in [1.82, 2.24) is 15.2 Å². The molecule has 25 heavy (non-hydrogen) atoms. The van der Waals surface area contributed by atoms with Crippen molar-refractivity contribution in [3.63, 3.8) is 0 Å². The number of aromatic amines is 1. The Hall–Kier alpha value is -2.43. The standard InChI is InChI=1S/C17H24N4O4/c1-8-5-9(2)14(10(3)6-8)25-17(24)13(12(7-18)16(22)23)15-19-11(4)20-21-15/h8-10,12-14H,5-6H2,1-4H3,(H,22,23)(H,19,20,21). The smallest absolute Gasteiger partial charge is 0.322 e. The summed E-state index contributed by atoms with van der Waals surface area (Å²) in [4.78, 5) is 28.2. The van der Waals surface area contributed by atoms with Gasteiger partial charge in [-0.15, -0.1) is 0 Å². The fourth-order valence-corrected chi connectivity index (χ4v) is 3.81. The molecule has 4 unspecified atom stereocenters. The summed E-state index contributed by atoms with van der Waals surface area (Å²) in [5.74, 6) is -3.76. The van der Waals surface area contributed by atoms with Gasteiger partial charge in [0.25, 0.3) is 0 Å². The van der Waals surface area contributed by atoms with E-state index in [1.165, 1.54) is 0 Å². The van der Waals surface area contributed by atoms with Crippen LogP contribution in [0.5, 0.6) is 0 Å². The number of nitrogens with zero attached hydrogens (tertiary/aromatic N) is 3. The molecular formula is C17H24N4O4. The molecule has 2 N–H and O–H groups in total. The summed E-state index contributed by atoms with van der Waals surface area (Å²) in [6.45, 7) is 7.83. The number of hydrogen-bond donors (Lipinski definition) is 2. The third-order valence-electron chi connectivity index (χ3n) is 4.82. The van der Waals surface area contributed by atoms with Gasteiger partial charge in [-0.2, -0.15) is 10.4 Å². The van der Waals surface area contributed by atoms with E-state index in [-0.39, 0.29) is 23.8 Å². The van der Waals surface area contributed by atoms with Crippen molar-refractivity contribution in [3.8, 4) is 6.07 Å². The molecule has 0 saturated heterocycles. The molecule has 1 saturated carbocycles. The van der Waals surface area contributed by atoms with Crippen LogP contribution < -0.4 is 0 Å². The maximum absolute atomic E-state index is 12.8. The predicted molar refractivity (Wildman–Crippen MR) is 87.2 cm³/mol. The SMILES string of the molecule is Cc1n[nH]c(C(C(=O)OC2C(C)CC(C)CC2C)C(C#N)C(=O)O)n1. The van der Waals surface area contributed by atoms with Crippen LogP contribution in [-0.4, -0.2) is 38.3 Å². The number of aromatic nitrogens is 3. The molecule has 0 radical (unpaired) electrons. The number of carboxylic acids is 1. The van der Waals surface area contributed by atoms with E-state index >= 15 is 0 Å². The fourth-order valence-electron chi connectivity index (χ4n) is 3.81. The largest absolute Gasteiger partial charge is 0.480 e. The number of aryl methyl sites for hydroxylation is 1. The molecule has 0 spiro atoms. The zero-order valence-corrected chi connectivity index (χ0v) is 14.9. The van der Waals surface area contributed by atoms with Gasteiger partial charge >= 0.3 is 11.9 Å². The van der Waals surface area contributed by atoms with Gasteiger partial charge < -0.3 is 9.84 Å². The van der Waals surface area contributed by atoms with Crippen molar-refractivity contribution in [2.24, 2.45) is 23.7 Å². The van der Waals surface area contributed by atoms with Gasteiger partial charge in [0.1, 0.15) is 23.7 Å². The van der Waals surface area contributed by atoms with E-state index in [1.807, 2.05) is 13.8 Å². The monoisotopic (exact) mass is 348 g/mol. The number of carboxylic acid groups (broad SMARTS) is 1. The first-order valence-electron chi connectivity index (χ1n) is 8.46. The molecule has 1 aromatic heterocycles. The number of nitriles is 1. The van der Waals surface area contributed by atoms with Crippen molar-refractivity contribution in [1.29, 1.82) is 5.26 Å². The van der Waals surface area contributed by atoms with E-state index in [4.69, 9.17) is 4.74 Å². The van der Waals surface area contributed by atoms with Crippen molar-refractivity contribution < 1.29 is 19.4 Å². The van der Waals surface area contributed by atoms with Crippen LogP contribution >= 0.6 is 0 Å². The Morgan fingerprint density at radius 3 is 2.36 bits per heavy atom. The number of nitrogens with one attached hydrogen (secondary N) is 1. The molecule has 1 aliphatic rings. The lowest BCUT2D eigenvalue weighted by atomic mass is 9.75. The summed E-state index contributed by atoms with van der Waals surface area (Å²) in [7, 11) is 0. The van der Waals surface area contributed by atoms with Crippen molar-refractivity contribution in [2.75, 3.05) is 0 Å². The Balaban J connectivity index is 2.26. The van der Waals surface area contributed by atoms with E-state index in [9.17, 15) is 20.0 Å². The second-order valence-corrected chi connectivity index (χ2v) is 7.12. The Morgan fingerprint density at radius 2 is 1.92 bits per heavy atom. The van der Waals surface area contributed by atoms with E-state index in [2.05, 4.69) is 22.1 Å². The number of carbonyl (C=O) groups is 2. The molecular weight excluding hydrogens is 324 g/mol. The van der Waals surface area contributed by atoms with Crippen LogP contribution in [0.1, 0.15) is 51.2 Å². The van der Waals surface area contributed by atoms with E-state index in [0.29, 0.717) is 11.7 Å². The van der Waals surface area contributed by atoms with Crippen LogP contribution in [-0.2, 0) is 14.3 Å². The second-order valence-electron chi connectivity index (χ2n) is 7.12. The third kappa shape index (κ3) is 4.16. The highest BCUT2D eigenvalue weighted by Gasteiger charge is 2.42. The van der Waals surface area contributed by atoms with Gasteiger partial charge in [-0.05, 0) is 37.5 Å². The van der Waals surface area contributed by atoms with Gasteiger partial charge in [0.05, 0.1) is 6.07 Å². The minimum atomic E-state index is -1.59. The van der Waals surface area contributed by atoms with Gasteiger partial charge in [-0.1, -0.05) is 20.8 Å². The quantitative estimate of drug-likeness (QED) is 0.779. The summed E-state index contributed by atoms with van der Waals surface area (Å²) in [6.07, 6.45) is 1.58. The highest BCUT2D eigenvalue weighted by atomic mass is 16.5. The molecule has 0 aliphatic heterocycles. The molecule has 1 heterocycles. The Morgan fingerprint density at radius 1 is 1.32 bits per heavy atom. The van der Waals surface area contributed by atoms with Gasteiger partial charge in [0.2, 0.25) is 0 Å². The lowest BCUT2D eigenvalue weighted by Crippen LogP contribution is -2.40. The molecule has 0 amide bonds. The molecule has 2 rings (SSSR count). The van der Waals surface area contributed by atoms with Crippen LogP contribution in [0.15, 0.2) is 0 Å². The summed E-state index contributed by atoms with van der Waals surface area (Å²) in [6, 6.07) is 1.67. The number of aliphatic carboxylic acids is 1. The molecule has 0 bridgehead atoms. The number of esters is 1. The van der Waals surface area contributed by atoms with Crippen LogP contribution in [0.4, 0.5) is 0 Å². The lowest BCUT2D eigenvalue weighted by molar-refractivity contribution is -0.163. The second kappa shape index (κ2) is 7.64. The van der Waals surface area contributed by atoms with E-state index < -0.39 is 23.8 Å². The maximum Gasteiger partial charge on any atom is 0.322 e. The molecule has 136 valence electrons. The van der Waals surface area contributed by atoms with Crippen LogP contribution in [0, 0.1) is 41.9 Å². The van der Waals surface area contributed by atoms with Gasteiger partial charge in [0.15, 0.2) is 5.92 Å². The molecule has 1 fully saturated rings. The van der Waals surface area contributed by atoms with Gasteiger partial charge in [-0.3, -0.25) is 14.7 Å². The average Bonchev–Trinajstić information content (AvgIpc) is 2.93. The Kier molecular flexibility index (Phi) is 5.77. The highest BCUT2D eigenvalue weighted by Crippen LogP contribution is 2.36. The number of hydrogen-bond acceptors (Lipinski definition) is 6. The molecule has 8 heteroatoms. The van der Waals surface area contributed by atoms with Crippen LogP contribution in [0.3, 0.4) is 0 Å². The summed E-state index contributed by atoms with van der Waals surface area (Å²) in [5, 5.41) is 24.9. The van der Waals surface area contributed by atoms with Crippen molar-refractivity contribution >= 4 is 11.9 Å². The summed E-state index contributed by atoms with van der Waals surface area (Å²) >= 11 is 0. The molecule has 0 aromatic carbocycles. The Bertz CT molecular complexity index is 668. The van der Waals surface area contributed by atoms with Crippen LogP contribution in [0.2, 0.25) is 0 Å². The first kappa shape index (κ1) is 18.9. The predicted octanol–water partition coefficient (Wildman–Crippen LogP) is 2.03. The summed E-state index contributed by atoms with van der Waals surface area (Å²) in [5.41, 5.74) is 0. The molecule has 8 nitrogen and oxygen atoms in total. The summed E-state index contributed by atoms with van der Waals surface area (Å²) < 4.78 is 5.68. The maximum atomic E-state index is 12.8. The van der Waals surface area contributed by atoms with E-state index in [1.54, 1.807) is 13.0 Å². The first-order valence-corrected chi connectivity index (χ1v) is 8.46. The first-order chi connectivity index (χ1) is 11.7. The Labute approximate surface area is 146 Å². The van der Waals surface area contributed by atoms with Gasteiger partial charge in [-0.25, -0.2) is 4.98 Å². The average molecular weight is 348 g/mol. The van der Waals surface area contributed by atoms with E-state index in [0.717, 1.165) is 12.8 Å². The lowest BCUT2D eigenvalue weighted by Gasteiger charge is -2.37.